The molecule has 0 spiro atoms. The Labute approximate surface area is 141 Å². The Morgan fingerprint density at radius 2 is 2.05 bits per heavy atom. The average Bonchev–Trinajstić information content (AvgIpc) is 2.68. The lowest BCUT2D eigenvalue weighted by Crippen LogP contribution is -2.24. The van der Waals surface area contributed by atoms with Crippen molar-refractivity contribution in [3.05, 3.63) is 64.2 Å². The molecule has 4 heteroatoms. The topological polar surface area (TPSA) is 23.5 Å². The van der Waals surface area contributed by atoms with Crippen molar-refractivity contribution in [3.63, 3.8) is 0 Å². The van der Waals surface area contributed by atoms with E-state index in [9.17, 15) is 5.11 Å². The molecule has 0 aromatic heterocycles. The summed E-state index contributed by atoms with van der Waals surface area (Å²) in [4.78, 5) is 1.52. The largest absolute Gasteiger partial charge is 0.506 e. The Hall–Kier alpha value is -1.22. The molecular weight excluding hydrogens is 305 g/mol. The minimum absolute atomic E-state index is 0. The molecule has 0 amide bonds. The van der Waals surface area contributed by atoms with Crippen LogP contribution in [0.15, 0.2) is 42.5 Å². The van der Waals surface area contributed by atoms with Crippen LogP contribution in [0.1, 0.15) is 26.7 Å². The van der Waals surface area contributed by atoms with Gasteiger partial charge in [-0.25, -0.2) is 0 Å². The van der Waals surface area contributed by atoms with Crippen molar-refractivity contribution >= 4 is 24.0 Å². The van der Waals surface area contributed by atoms with Crippen LogP contribution in [0.25, 0.3) is 0 Å². The lowest BCUT2D eigenvalue weighted by atomic mass is 9.88. The number of likely N-dealkylation sites (N-methyl/N-ethyl adjacent to an activating group) is 1. The number of fused-ring (bicyclic) bond motifs is 1. The number of hydrogen-bond acceptors (Lipinski definition) is 2. The molecule has 21 heavy (non-hydrogen) atoms. The van der Waals surface area contributed by atoms with Crippen molar-refractivity contribution in [3.8, 4) is 5.75 Å². The molecule has 2 nitrogen and oxygen atoms in total. The molecule has 0 unspecified atom stereocenters. The standard InChI is InChI=1S/C17H18ClNO.ClH/c1-19-8-7-13-9-16(18)17(20)10-14(13)15(11-19)12-5-3-2-4-6-12;/h2-6,9-10,15,20H,7-8,11H2,1H3;1H/t15-;/m1./s1/i1D3;. The van der Waals surface area contributed by atoms with Gasteiger partial charge in [0, 0.05) is 23.1 Å². The lowest BCUT2D eigenvalue weighted by molar-refractivity contribution is 0.338. The average molecular weight is 327 g/mol. The highest BCUT2D eigenvalue weighted by atomic mass is 35.5. The predicted octanol–water partition coefficient (Wildman–Crippen LogP) is 4.09. The van der Waals surface area contributed by atoms with Crippen LogP contribution in [0, 0.1) is 0 Å². The highest BCUT2D eigenvalue weighted by Gasteiger charge is 2.24. The molecule has 1 aliphatic rings. The van der Waals surface area contributed by atoms with E-state index in [2.05, 4.69) is 0 Å². The molecule has 0 radical (unpaired) electrons. The van der Waals surface area contributed by atoms with Crippen molar-refractivity contribution in [2.24, 2.45) is 0 Å². The van der Waals surface area contributed by atoms with E-state index in [0.29, 0.717) is 24.5 Å². The second kappa shape index (κ2) is 6.69. The van der Waals surface area contributed by atoms with Crippen LogP contribution in [-0.4, -0.2) is 30.1 Å². The zero-order chi connectivity index (χ0) is 16.6. The van der Waals surface area contributed by atoms with Gasteiger partial charge in [-0.1, -0.05) is 41.9 Å². The van der Waals surface area contributed by atoms with Crippen LogP contribution in [0.5, 0.6) is 5.75 Å². The highest BCUT2D eigenvalue weighted by Crippen LogP contribution is 2.36. The molecule has 2 aromatic rings. The summed E-state index contributed by atoms with van der Waals surface area (Å²) in [7, 11) is 0. The number of nitrogens with zero attached hydrogens (tertiary/aromatic N) is 1. The summed E-state index contributed by atoms with van der Waals surface area (Å²) in [5.41, 5.74) is 2.98. The van der Waals surface area contributed by atoms with E-state index in [0.717, 1.165) is 16.7 Å². The molecule has 0 fully saturated rings. The number of hydrogen-bond donors (Lipinski definition) is 1. The highest BCUT2D eigenvalue weighted by molar-refractivity contribution is 6.32. The summed E-state index contributed by atoms with van der Waals surface area (Å²) in [5, 5.41) is 10.3. The van der Waals surface area contributed by atoms with Gasteiger partial charge in [0.1, 0.15) is 5.75 Å². The van der Waals surface area contributed by atoms with E-state index < -0.39 is 6.98 Å². The Morgan fingerprint density at radius 3 is 2.76 bits per heavy atom. The van der Waals surface area contributed by atoms with E-state index in [1.807, 2.05) is 30.3 Å². The Bertz CT molecular complexity index is 707. The first kappa shape index (κ1) is 12.3. The third-order valence-corrected chi connectivity index (χ3v) is 4.14. The molecule has 0 saturated carbocycles. The van der Waals surface area contributed by atoms with Gasteiger partial charge in [0.05, 0.1) is 5.02 Å². The second-order valence-corrected chi connectivity index (χ2v) is 5.57. The molecule has 0 aliphatic carbocycles. The first-order chi connectivity index (χ1) is 10.9. The third-order valence-electron chi connectivity index (χ3n) is 3.84. The van der Waals surface area contributed by atoms with Gasteiger partial charge in [-0.15, -0.1) is 12.4 Å². The maximum absolute atomic E-state index is 10.0. The van der Waals surface area contributed by atoms with Gasteiger partial charge in [0.2, 0.25) is 0 Å². The van der Waals surface area contributed by atoms with Gasteiger partial charge in [0.15, 0.2) is 0 Å². The Balaban J connectivity index is 0.00000208. The van der Waals surface area contributed by atoms with Crippen molar-refractivity contribution < 1.29 is 9.22 Å². The van der Waals surface area contributed by atoms with Crippen LogP contribution in [-0.2, 0) is 6.42 Å². The minimum Gasteiger partial charge on any atom is -0.506 e. The fourth-order valence-electron chi connectivity index (χ4n) is 2.80. The zero-order valence-corrected chi connectivity index (χ0v) is 13.0. The summed E-state index contributed by atoms with van der Waals surface area (Å²) in [6.45, 7) is -1.32. The van der Waals surface area contributed by atoms with Gasteiger partial charge >= 0.3 is 0 Å². The molecule has 1 aliphatic heterocycles. The van der Waals surface area contributed by atoms with Crippen molar-refractivity contribution in [1.82, 2.24) is 4.90 Å². The number of phenols is 1. The minimum atomic E-state index is -2.14. The summed E-state index contributed by atoms with van der Waals surface area (Å²) in [6.07, 6.45) is 0.594. The maximum Gasteiger partial charge on any atom is 0.134 e. The lowest BCUT2D eigenvalue weighted by Gasteiger charge is -2.22. The molecule has 0 bridgehead atoms. The van der Waals surface area contributed by atoms with E-state index in [4.69, 9.17) is 15.7 Å². The van der Waals surface area contributed by atoms with Crippen LogP contribution < -0.4 is 0 Å². The fourth-order valence-corrected chi connectivity index (χ4v) is 2.98. The molecular formula is C17H19Cl2NO. The van der Waals surface area contributed by atoms with E-state index in [-0.39, 0.29) is 24.1 Å². The van der Waals surface area contributed by atoms with Crippen LogP contribution in [0.4, 0.5) is 0 Å². The SMILES string of the molecule is Cl.[2H]C([2H])([2H])N1CCc2cc(Cl)c(O)cc2[C@@H](c2ccccc2)C1. The molecule has 112 valence electrons. The van der Waals surface area contributed by atoms with E-state index in [1.54, 1.807) is 12.1 Å². The summed E-state index contributed by atoms with van der Waals surface area (Å²) in [6, 6.07) is 13.2. The molecule has 1 N–H and O–H groups in total. The summed E-state index contributed by atoms with van der Waals surface area (Å²) >= 11 is 6.04. The van der Waals surface area contributed by atoms with Gasteiger partial charge in [0.25, 0.3) is 0 Å². The smallest absolute Gasteiger partial charge is 0.134 e. The number of aromatic hydroxyl groups is 1. The van der Waals surface area contributed by atoms with Gasteiger partial charge in [-0.05, 0) is 42.2 Å². The first-order valence-electron chi connectivity index (χ1n) is 8.17. The molecule has 0 saturated heterocycles. The normalized spacial score (nSPS) is 21.2. The van der Waals surface area contributed by atoms with Gasteiger partial charge in [-0.2, -0.15) is 0 Å². The number of rotatable bonds is 1. The summed E-state index contributed by atoms with van der Waals surface area (Å²) in [5.74, 6) is -0.0778. The quantitative estimate of drug-likeness (QED) is 0.853. The predicted molar refractivity (Wildman–Crippen MR) is 89.9 cm³/mol. The van der Waals surface area contributed by atoms with E-state index in [1.165, 1.54) is 4.90 Å². The van der Waals surface area contributed by atoms with Crippen molar-refractivity contribution in [2.75, 3.05) is 20.1 Å². The van der Waals surface area contributed by atoms with Crippen LogP contribution in [0.2, 0.25) is 5.02 Å². The monoisotopic (exact) mass is 326 g/mol. The van der Waals surface area contributed by atoms with E-state index >= 15 is 0 Å². The van der Waals surface area contributed by atoms with Gasteiger partial charge < -0.3 is 10.0 Å². The molecule has 1 atom stereocenters. The third kappa shape index (κ3) is 3.34. The number of halogens is 2. The Morgan fingerprint density at radius 1 is 1.29 bits per heavy atom. The number of phenolic OH excluding ortho intramolecular Hbond substituents is 1. The number of benzene rings is 2. The first-order valence-corrected chi connectivity index (χ1v) is 7.05. The van der Waals surface area contributed by atoms with Crippen molar-refractivity contribution in [2.45, 2.75) is 12.3 Å². The summed E-state index contributed by atoms with van der Waals surface area (Å²) < 4.78 is 23.3. The Kier molecular flexibility index (Phi) is 3.93. The molecule has 2 aromatic carbocycles. The fraction of sp³-hybridized carbons (Fsp3) is 0.294. The van der Waals surface area contributed by atoms with Gasteiger partial charge in [-0.3, -0.25) is 0 Å². The van der Waals surface area contributed by atoms with Crippen LogP contribution in [0.3, 0.4) is 0 Å². The van der Waals surface area contributed by atoms with Crippen molar-refractivity contribution in [1.29, 1.82) is 0 Å². The molecule has 1 heterocycles. The zero-order valence-electron chi connectivity index (χ0n) is 14.4. The second-order valence-electron chi connectivity index (χ2n) is 5.16. The van der Waals surface area contributed by atoms with Crippen LogP contribution >= 0.6 is 24.0 Å². The maximum atomic E-state index is 10.0. The molecule has 3 rings (SSSR count).